The number of carbonyl (C=O) groups is 2. The standard InChI is InChI=1S/C39H45N5O6.CH2O2/c45-33-17-15-31(32-16-18-35(47)44-37(32)33)34(46)25-41-23-26-11-13-29(14-12-26)43-36(48)20-22-40-21-19-30-24-42-38(50-30)39(49,27-7-3-1-4-8-27)28-9-5-2-6-10-28;2-1-3/h1,3-4,7-8,11-18,24,28,34,40-41,45-46,49H,2,5-6,9-10,19-23,25H2,(H,43,48)(H,44,47);1H,(H,2,3)/t34?,39-;/m0./s1. The number of hydrogen-bond donors (Lipinski definition) is 8. The Morgan fingerprint density at radius 2 is 1.72 bits per heavy atom. The number of rotatable bonds is 15. The maximum atomic E-state index is 12.6. The molecule has 0 aliphatic heterocycles. The lowest BCUT2D eigenvalue weighted by Gasteiger charge is -2.36. The molecule has 8 N–H and O–H groups in total. The van der Waals surface area contributed by atoms with Gasteiger partial charge >= 0.3 is 0 Å². The van der Waals surface area contributed by atoms with Crippen molar-refractivity contribution >= 4 is 29.0 Å². The molecule has 0 spiro atoms. The van der Waals surface area contributed by atoms with Crippen LogP contribution in [0.2, 0.25) is 0 Å². The first kappa shape index (κ1) is 38.9. The van der Waals surface area contributed by atoms with E-state index in [2.05, 4.69) is 25.9 Å². The Hall–Kier alpha value is -5.34. The number of fused-ring (bicyclic) bond motifs is 1. The zero-order valence-electron chi connectivity index (χ0n) is 29.5. The van der Waals surface area contributed by atoms with E-state index >= 15 is 0 Å². The van der Waals surface area contributed by atoms with Crippen LogP contribution in [-0.4, -0.2) is 62.4 Å². The predicted octanol–water partition coefficient (Wildman–Crippen LogP) is 4.72. The fraction of sp³-hybridized carbons (Fsp3) is 0.350. The summed E-state index contributed by atoms with van der Waals surface area (Å²) in [5, 5.41) is 49.8. The molecule has 1 aliphatic rings. The summed E-state index contributed by atoms with van der Waals surface area (Å²) in [5.74, 6) is 0.953. The number of oxazole rings is 1. The van der Waals surface area contributed by atoms with Crippen molar-refractivity contribution in [1.29, 1.82) is 0 Å². The molecule has 13 heteroatoms. The number of hydrogen-bond acceptors (Lipinski definition) is 10. The number of aliphatic hydroxyl groups is 2. The summed E-state index contributed by atoms with van der Waals surface area (Å²) in [6, 6.07) is 23.3. The van der Waals surface area contributed by atoms with Gasteiger partial charge in [-0.2, -0.15) is 0 Å². The highest BCUT2D eigenvalue weighted by Crippen LogP contribution is 2.43. The van der Waals surface area contributed by atoms with Gasteiger partial charge in [0.15, 0.2) is 5.60 Å². The van der Waals surface area contributed by atoms with Crippen LogP contribution in [0.15, 0.2) is 94.3 Å². The number of aromatic hydroxyl groups is 1. The lowest BCUT2D eigenvalue weighted by Crippen LogP contribution is -2.38. The van der Waals surface area contributed by atoms with Crippen molar-refractivity contribution in [3.63, 3.8) is 0 Å². The smallest absolute Gasteiger partial charge is 0.290 e. The maximum Gasteiger partial charge on any atom is 0.290 e. The predicted molar refractivity (Wildman–Crippen MR) is 200 cm³/mol. The van der Waals surface area contributed by atoms with Gasteiger partial charge in [0.1, 0.15) is 11.5 Å². The van der Waals surface area contributed by atoms with Crippen LogP contribution < -0.4 is 21.5 Å². The fourth-order valence-corrected chi connectivity index (χ4v) is 6.83. The van der Waals surface area contributed by atoms with Crippen molar-refractivity contribution in [3.05, 3.63) is 124 Å². The zero-order chi connectivity index (χ0) is 37.6. The summed E-state index contributed by atoms with van der Waals surface area (Å²) >= 11 is 0. The van der Waals surface area contributed by atoms with Gasteiger partial charge in [0.25, 0.3) is 6.47 Å². The Kier molecular flexibility index (Phi) is 13.9. The Labute approximate surface area is 307 Å². The molecule has 13 nitrogen and oxygen atoms in total. The van der Waals surface area contributed by atoms with E-state index < -0.39 is 11.7 Å². The summed E-state index contributed by atoms with van der Waals surface area (Å²) in [6.07, 6.45) is 6.98. The topological polar surface area (TPSA) is 210 Å². The minimum absolute atomic E-state index is 0.0503. The first-order valence-corrected chi connectivity index (χ1v) is 17.9. The van der Waals surface area contributed by atoms with Crippen LogP contribution in [0.3, 0.4) is 0 Å². The van der Waals surface area contributed by atoms with Crippen LogP contribution >= 0.6 is 0 Å². The first-order chi connectivity index (χ1) is 25.7. The second-order valence-electron chi connectivity index (χ2n) is 13.1. The number of phenolic OH excluding ortho intramolecular Hbond substituents is 1. The van der Waals surface area contributed by atoms with Crippen molar-refractivity contribution in [1.82, 2.24) is 20.6 Å². The number of phenols is 1. The molecule has 0 saturated heterocycles. The number of nitrogens with one attached hydrogen (secondary N) is 4. The highest BCUT2D eigenvalue weighted by molar-refractivity contribution is 5.90. The summed E-state index contributed by atoms with van der Waals surface area (Å²) in [7, 11) is 0. The molecule has 2 aromatic heterocycles. The fourth-order valence-electron chi connectivity index (χ4n) is 6.83. The molecule has 0 radical (unpaired) electrons. The number of amides is 1. The molecule has 1 amide bonds. The quantitative estimate of drug-likeness (QED) is 0.0547. The van der Waals surface area contributed by atoms with Crippen LogP contribution in [0, 0.1) is 5.92 Å². The minimum atomic E-state index is -1.25. The third-order valence-corrected chi connectivity index (χ3v) is 9.54. The number of carboxylic acid groups (broad SMARTS) is 1. The van der Waals surface area contributed by atoms with Gasteiger partial charge in [-0.05, 0) is 53.8 Å². The highest BCUT2D eigenvalue weighted by Gasteiger charge is 2.44. The summed E-state index contributed by atoms with van der Waals surface area (Å²) < 4.78 is 6.14. The zero-order valence-corrected chi connectivity index (χ0v) is 29.5. The molecule has 53 heavy (non-hydrogen) atoms. The van der Waals surface area contributed by atoms with Crippen molar-refractivity contribution in [2.75, 3.05) is 25.0 Å². The van der Waals surface area contributed by atoms with Crippen LogP contribution in [-0.2, 0) is 28.2 Å². The van der Waals surface area contributed by atoms with Crippen molar-refractivity contribution < 1.29 is 34.4 Å². The number of benzene rings is 3. The number of H-pyrrole nitrogens is 1. The van der Waals surface area contributed by atoms with E-state index in [0.29, 0.717) is 66.3 Å². The summed E-state index contributed by atoms with van der Waals surface area (Å²) in [6.45, 7) is 1.62. The van der Waals surface area contributed by atoms with E-state index in [-0.39, 0.29) is 36.2 Å². The Morgan fingerprint density at radius 1 is 0.981 bits per heavy atom. The first-order valence-electron chi connectivity index (χ1n) is 17.9. The third-order valence-electron chi connectivity index (χ3n) is 9.54. The molecule has 280 valence electrons. The van der Waals surface area contributed by atoms with Gasteiger partial charge in [-0.25, -0.2) is 4.98 Å². The largest absolute Gasteiger partial charge is 0.506 e. The van der Waals surface area contributed by atoms with Gasteiger partial charge in [0.05, 0.1) is 17.8 Å². The number of anilines is 1. The average molecular weight is 726 g/mol. The summed E-state index contributed by atoms with van der Waals surface area (Å²) in [5.41, 5.74) is 1.81. The molecular formula is C40H47N5O8. The van der Waals surface area contributed by atoms with Gasteiger partial charge in [-0.15, -0.1) is 0 Å². The lowest BCUT2D eigenvalue weighted by atomic mass is 9.73. The second kappa shape index (κ2) is 18.9. The van der Waals surface area contributed by atoms with Crippen LogP contribution in [0.4, 0.5) is 5.69 Å². The van der Waals surface area contributed by atoms with Crippen LogP contribution in [0.5, 0.6) is 5.75 Å². The van der Waals surface area contributed by atoms with Gasteiger partial charge < -0.3 is 45.8 Å². The number of aromatic nitrogens is 2. The molecule has 1 unspecified atom stereocenters. The average Bonchev–Trinajstić information content (AvgIpc) is 3.66. The van der Waals surface area contributed by atoms with E-state index in [4.69, 9.17) is 14.3 Å². The number of pyridine rings is 1. The Bertz CT molecular complexity index is 1980. The maximum absolute atomic E-state index is 12.6. The third kappa shape index (κ3) is 10.2. The van der Waals surface area contributed by atoms with Gasteiger partial charge in [-0.3, -0.25) is 14.4 Å². The lowest BCUT2D eigenvalue weighted by molar-refractivity contribution is -0.123. The molecule has 1 aliphatic carbocycles. The SMILES string of the molecule is O=C(CCNCCc1cnc([C@](O)(c2ccccc2)C2CCCCC2)o1)Nc1ccc(CNCC(O)c2ccc(O)c3[nH]c(=O)ccc23)cc1.O=CO. The number of aromatic amines is 1. The molecule has 2 heterocycles. The van der Waals surface area contributed by atoms with Crippen molar-refractivity contribution in [2.24, 2.45) is 5.92 Å². The van der Waals surface area contributed by atoms with E-state index in [1.54, 1.807) is 18.3 Å². The van der Waals surface area contributed by atoms with E-state index in [1.165, 1.54) is 18.6 Å². The number of aliphatic hydroxyl groups excluding tert-OH is 1. The van der Waals surface area contributed by atoms with Crippen LogP contribution in [0.25, 0.3) is 10.9 Å². The molecule has 0 bridgehead atoms. The highest BCUT2D eigenvalue weighted by atomic mass is 16.4. The molecule has 5 aromatic rings. The number of carbonyl (C=O) groups excluding carboxylic acids is 1. The normalized spacial score (nSPS) is 14.8. The minimum Gasteiger partial charge on any atom is -0.506 e. The molecule has 6 rings (SSSR count). The van der Waals surface area contributed by atoms with E-state index in [1.807, 2.05) is 54.6 Å². The Morgan fingerprint density at radius 3 is 2.45 bits per heavy atom. The van der Waals surface area contributed by atoms with E-state index in [9.17, 15) is 24.9 Å². The van der Waals surface area contributed by atoms with Crippen molar-refractivity contribution in [3.8, 4) is 5.75 Å². The molecular weight excluding hydrogens is 678 g/mol. The molecule has 1 saturated carbocycles. The monoisotopic (exact) mass is 725 g/mol. The summed E-state index contributed by atoms with van der Waals surface area (Å²) in [4.78, 5) is 39.7. The molecule has 3 aromatic carbocycles. The van der Waals surface area contributed by atoms with Gasteiger partial charge in [0, 0.05) is 62.1 Å². The van der Waals surface area contributed by atoms with Crippen molar-refractivity contribution in [2.45, 2.75) is 63.2 Å². The van der Waals surface area contributed by atoms with Gasteiger partial charge in [0.2, 0.25) is 17.4 Å². The second-order valence-corrected chi connectivity index (χ2v) is 13.1. The van der Waals surface area contributed by atoms with Gasteiger partial charge in [-0.1, -0.05) is 67.8 Å². The van der Waals surface area contributed by atoms with E-state index in [0.717, 1.165) is 36.8 Å². The molecule has 1 fully saturated rings. The number of nitrogens with zero attached hydrogens (tertiary/aromatic N) is 1. The van der Waals surface area contributed by atoms with Crippen LogP contribution in [0.1, 0.15) is 73.0 Å². The Balaban J connectivity index is 0.00000175. The molecule has 2 atom stereocenters.